The second kappa shape index (κ2) is 4.39. The van der Waals surface area contributed by atoms with E-state index in [0.717, 1.165) is 24.4 Å². The summed E-state index contributed by atoms with van der Waals surface area (Å²) in [6.07, 6.45) is 2.47. The molecule has 1 aliphatic rings. The van der Waals surface area contributed by atoms with Crippen molar-refractivity contribution in [2.75, 3.05) is 13.2 Å². The van der Waals surface area contributed by atoms with Gasteiger partial charge in [0.05, 0.1) is 10.1 Å². The van der Waals surface area contributed by atoms with Crippen LogP contribution in [0.25, 0.3) is 10.1 Å². The number of hydrogen-bond donors (Lipinski definition) is 1. The van der Waals surface area contributed by atoms with E-state index < -0.39 is 0 Å². The highest BCUT2D eigenvalue weighted by molar-refractivity contribution is 7.13. The first-order chi connectivity index (χ1) is 7.93. The van der Waals surface area contributed by atoms with Crippen LogP contribution >= 0.6 is 11.5 Å². The molecule has 1 aliphatic heterocycles. The molecule has 1 fully saturated rings. The molecule has 16 heavy (non-hydrogen) atoms. The van der Waals surface area contributed by atoms with Crippen molar-refractivity contribution in [2.45, 2.75) is 18.9 Å². The molecule has 0 spiro atoms. The van der Waals surface area contributed by atoms with E-state index in [1.165, 1.54) is 29.1 Å². The molecule has 1 aromatic heterocycles. The quantitative estimate of drug-likeness (QED) is 0.885. The Hall–Kier alpha value is -1.13. The third-order valence-corrected chi connectivity index (χ3v) is 3.74. The van der Waals surface area contributed by atoms with Gasteiger partial charge in [0.1, 0.15) is 6.61 Å². The molecular weight excluding hydrogens is 220 g/mol. The van der Waals surface area contributed by atoms with Gasteiger partial charge < -0.3 is 10.1 Å². The number of fused-ring (bicyclic) bond motifs is 1. The fourth-order valence-electron chi connectivity index (χ4n) is 2.05. The third-order valence-electron chi connectivity index (χ3n) is 2.93. The number of aromatic nitrogens is 1. The van der Waals surface area contributed by atoms with Gasteiger partial charge in [-0.15, -0.1) is 0 Å². The Morgan fingerprint density at radius 2 is 2.38 bits per heavy atom. The average Bonchev–Trinajstić information content (AvgIpc) is 2.96. The second-order valence-electron chi connectivity index (χ2n) is 4.09. The van der Waals surface area contributed by atoms with Gasteiger partial charge in [0.25, 0.3) is 0 Å². The van der Waals surface area contributed by atoms with Crippen LogP contribution in [-0.4, -0.2) is 23.6 Å². The minimum Gasteiger partial charge on any atom is -0.475 e. The number of ether oxygens (including phenoxy) is 1. The van der Waals surface area contributed by atoms with Crippen LogP contribution < -0.4 is 10.1 Å². The van der Waals surface area contributed by atoms with Gasteiger partial charge in [0.15, 0.2) is 0 Å². The van der Waals surface area contributed by atoms with Crippen molar-refractivity contribution >= 4 is 21.6 Å². The molecule has 0 bridgehead atoms. The zero-order chi connectivity index (χ0) is 10.8. The van der Waals surface area contributed by atoms with Gasteiger partial charge >= 0.3 is 0 Å². The van der Waals surface area contributed by atoms with E-state index in [1.807, 2.05) is 12.1 Å². The summed E-state index contributed by atoms with van der Waals surface area (Å²) in [4.78, 5) is 0. The minimum atomic E-state index is 0.500. The SMILES string of the molecule is c1ccc2c(OC[C@H]3CCCN3)nsc2c1. The predicted octanol–water partition coefficient (Wildman–Crippen LogP) is 2.43. The Labute approximate surface area is 98.6 Å². The fourth-order valence-corrected chi connectivity index (χ4v) is 2.77. The second-order valence-corrected chi connectivity index (χ2v) is 4.89. The summed E-state index contributed by atoms with van der Waals surface area (Å²) in [5.74, 6) is 0.786. The summed E-state index contributed by atoms with van der Waals surface area (Å²) in [5, 5.41) is 4.55. The van der Waals surface area contributed by atoms with Crippen molar-refractivity contribution < 1.29 is 4.74 Å². The summed E-state index contributed by atoms with van der Waals surface area (Å²) in [6.45, 7) is 1.85. The molecule has 1 saturated heterocycles. The topological polar surface area (TPSA) is 34.1 Å². The molecule has 0 radical (unpaired) electrons. The third kappa shape index (κ3) is 1.90. The number of rotatable bonds is 3. The molecule has 3 rings (SSSR count). The van der Waals surface area contributed by atoms with Crippen molar-refractivity contribution in [3.63, 3.8) is 0 Å². The average molecular weight is 234 g/mol. The van der Waals surface area contributed by atoms with Crippen LogP contribution in [0.5, 0.6) is 5.88 Å². The first kappa shape index (κ1) is 10.1. The molecule has 2 heterocycles. The first-order valence-electron chi connectivity index (χ1n) is 5.64. The maximum atomic E-state index is 5.78. The molecule has 0 saturated carbocycles. The summed E-state index contributed by atoms with van der Waals surface area (Å²) in [5.41, 5.74) is 0. The molecule has 3 nitrogen and oxygen atoms in total. The van der Waals surface area contributed by atoms with Crippen LogP contribution in [0.2, 0.25) is 0 Å². The first-order valence-corrected chi connectivity index (χ1v) is 6.41. The van der Waals surface area contributed by atoms with Crippen LogP contribution in [0, 0.1) is 0 Å². The lowest BCUT2D eigenvalue weighted by atomic mass is 10.2. The summed E-state index contributed by atoms with van der Waals surface area (Å²) >= 11 is 1.50. The highest BCUT2D eigenvalue weighted by atomic mass is 32.1. The molecule has 0 aliphatic carbocycles. The van der Waals surface area contributed by atoms with Crippen molar-refractivity contribution in [1.29, 1.82) is 0 Å². The van der Waals surface area contributed by atoms with Crippen LogP contribution in [0.1, 0.15) is 12.8 Å². The van der Waals surface area contributed by atoms with Crippen LogP contribution in [0.15, 0.2) is 24.3 Å². The summed E-state index contributed by atoms with van der Waals surface area (Å²) in [6, 6.07) is 8.70. The molecule has 0 amide bonds. The molecule has 2 aromatic rings. The van der Waals surface area contributed by atoms with E-state index in [1.54, 1.807) is 0 Å². The van der Waals surface area contributed by atoms with Gasteiger partial charge in [-0.25, -0.2) is 0 Å². The van der Waals surface area contributed by atoms with Gasteiger partial charge in [0.2, 0.25) is 5.88 Å². The summed E-state index contributed by atoms with van der Waals surface area (Å²) in [7, 11) is 0. The minimum absolute atomic E-state index is 0.500. The zero-order valence-electron chi connectivity index (χ0n) is 8.98. The lowest BCUT2D eigenvalue weighted by Crippen LogP contribution is -2.28. The van der Waals surface area contributed by atoms with E-state index in [-0.39, 0.29) is 0 Å². The van der Waals surface area contributed by atoms with E-state index in [9.17, 15) is 0 Å². The molecule has 4 heteroatoms. The van der Waals surface area contributed by atoms with Gasteiger partial charge in [-0.3, -0.25) is 0 Å². The predicted molar refractivity (Wildman–Crippen MR) is 66.1 cm³/mol. The molecular formula is C12H14N2OS. The highest BCUT2D eigenvalue weighted by Crippen LogP contribution is 2.28. The highest BCUT2D eigenvalue weighted by Gasteiger charge is 2.15. The van der Waals surface area contributed by atoms with Crippen molar-refractivity contribution in [2.24, 2.45) is 0 Å². The normalized spacial score (nSPS) is 20.4. The van der Waals surface area contributed by atoms with Crippen molar-refractivity contribution in [3.05, 3.63) is 24.3 Å². The van der Waals surface area contributed by atoms with Gasteiger partial charge in [-0.1, -0.05) is 12.1 Å². The maximum Gasteiger partial charge on any atom is 0.233 e. The van der Waals surface area contributed by atoms with E-state index in [2.05, 4.69) is 21.8 Å². The van der Waals surface area contributed by atoms with Crippen LogP contribution in [0.3, 0.4) is 0 Å². The molecule has 1 aromatic carbocycles. The van der Waals surface area contributed by atoms with Gasteiger partial charge in [-0.2, -0.15) is 4.37 Å². The lowest BCUT2D eigenvalue weighted by molar-refractivity contribution is 0.273. The number of nitrogens with one attached hydrogen (secondary N) is 1. The Balaban J connectivity index is 1.73. The van der Waals surface area contributed by atoms with E-state index in [0.29, 0.717) is 6.04 Å². The lowest BCUT2D eigenvalue weighted by Gasteiger charge is -2.10. The molecule has 84 valence electrons. The van der Waals surface area contributed by atoms with Crippen molar-refractivity contribution in [3.8, 4) is 5.88 Å². The fraction of sp³-hybridized carbons (Fsp3) is 0.417. The summed E-state index contributed by atoms with van der Waals surface area (Å²) < 4.78 is 11.3. The van der Waals surface area contributed by atoms with E-state index in [4.69, 9.17) is 4.74 Å². The standard InChI is InChI=1S/C12H14N2OS/c1-2-6-11-10(5-1)12(14-16-11)15-8-9-4-3-7-13-9/h1-2,5-6,9,13H,3-4,7-8H2/t9-/m1/s1. The molecule has 1 atom stereocenters. The van der Waals surface area contributed by atoms with Gasteiger partial charge in [0, 0.05) is 6.04 Å². The maximum absolute atomic E-state index is 5.78. The molecule has 1 N–H and O–H groups in total. The van der Waals surface area contributed by atoms with Crippen LogP contribution in [0.4, 0.5) is 0 Å². The number of nitrogens with zero attached hydrogens (tertiary/aromatic N) is 1. The largest absolute Gasteiger partial charge is 0.475 e. The Morgan fingerprint density at radius 1 is 1.44 bits per heavy atom. The molecule has 0 unspecified atom stereocenters. The number of hydrogen-bond acceptors (Lipinski definition) is 4. The van der Waals surface area contributed by atoms with Crippen LogP contribution in [-0.2, 0) is 0 Å². The Morgan fingerprint density at radius 3 is 3.25 bits per heavy atom. The monoisotopic (exact) mass is 234 g/mol. The Kier molecular flexibility index (Phi) is 2.76. The number of benzene rings is 1. The Bertz CT molecular complexity index is 477. The van der Waals surface area contributed by atoms with Gasteiger partial charge in [-0.05, 0) is 43.1 Å². The van der Waals surface area contributed by atoms with Crippen molar-refractivity contribution in [1.82, 2.24) is 9.69 Å². The zero-order valence-corrected chi connectivity index (χ0v) is 9.80. The van der Waals surface area contributed by atoms with E-state index >= 15 is 0 Å². The smallest absolute Gasteiger partial charge is 0.233 e.